The van der Waals surface area contributed by atoms with E-state index in [4.69, 9.17) is 4.42 Å². The second-order valence-corrected chi connectivity index (χ2v) is 6.86. The van der Waals surface area contributed by atoms with Gasteiger partial charge in [-0.25, -0.2) is 4.79 Å². The number of piperidine rings is 1. The summed E-state index contributed by atoms with van der Waals surface area (Å²) >= 11 is 0. The molecule has 1 saturated carbocycles. The number of aromatic nitrogens is 2. The van der Waals surface area contributed by atoms with Gasteiger partial charge in [0.25, 0.3) is 0 Å². The Morgan fingerprint density at radius 2 is 1.88 bits per heavy atom. The van der Waals surface area contributed by atoms with Crippen LogP contribution in [0.25, 0.3) is 11.5 Å². The molecular weight excluding hydrogens is 320 g/mol. The molecule has 1 N–H and O–H groups in total. The van der Waals surface area contributed by atoms with E-state index in [2.05, 4.69) is 15.3 Å². The van der Waals surface area contributed by atoms with E-state index in [1.807, 2.05) is 30.3 Å². The van der Waals surface area contributed by atoms with Gasteiger partial charge >= 0.3 is 5.76 Å². The third-order valence-corrected chi connectivity index (χ3v) is 4.84. The zero-order valence-electron chi connectivity index (χ0n) is 14.1. The molecule has 7 nitrogen and oxygen atoms in total. The maximum absolute atomic E-state index is 12.0. The molecule has 1 aliphatic heterocycles. The van der Waals surface area contributed by atoms with Gasteiger partial charge in [-0.15, -0.1) is 5.10 Å². The van der Waals surface area contributed by atoms with Crippen LogP contribution in [0.15, 0.2) is 39.5 Å². The highest BCUT2D eigenvalue weighted by molar-refractivity contribution is 5.81. The van der Waals surface area contributed by atoms with Gasteiger partial charge in [0.2, 0.25) is 11.8 Å². The zero-order valence-corrected chi connectivity index (χ0v) is 14.1. The van der Waals surface area contributed by atoms with Gasteiger partial charge in [0, 0.05) is 30.6 Å². The molecular formula is C18H22N4O3. The molecule has 7 heteroatoms. The van der Waals surface area contributed by atoms with Crippen LogP contribution in [-0.4, -0.2) is 39.7 Å². The largest absolute Gasteiger partial charge is 0.438 e. The van der Waals surface area contributed by atoms with Crippen molar-refractivity contribution in [2.75, 3.05) is 13.1 Å². The minimum absolute atomic E-state index is 0.207. The first-order chi connectivity index (χ1) is 12.2. The Bertz CT molecular complexity index is 786. The van der Waals surface area contributed by atoms with E-state index >= 15 is 0 Å². The fraction of sp³-hybridized carbons (Fsp3) is 0.500. The van der Waals surface area contributed by atoms with Crippen LogP contribution in [0.3, 0.4) is 0 Å². The first kappa shape index (κ1) is 16.1. The quantitative estimate of drug-likeness (QED) is 0.890. The number of nitrogens with one attached hydrogen (secondary N) is 1. The van der Waals surface area contributed by atoms with Crippen LogP contribution < -0.4 is 11.1 Å². The highest BCUT2D eigenvalue weighted by Gasteiger charge is 2.31. The van der Waals surface area contributed by atoms with Crippen molar-refractivity contribution in [1.82, 2.24) is 20.0 Å². The normalized spacial score (nSPS) is 19.0. The average Bonchev–Trinajstić information content (AvgIpc) is 3.42. The lowest BCUT2D eigenvalue weighted by Crippen LogP contribution is -2.46. The van der Waals surface area contributed by atoms with Gasteiger partial charge in [-0.05, 0) is 37.8 Å². The first-order valence-corrected chi connectivity index (χ1v) is 8.85. The molecule has 132 valence electrons. The Kier molecular flexibility index (Phi) is 4.40. The van der Waals surface area contributed by atoms with Crippen molar-refractivity contribution in [2.24, 2.45) is 5.92 Å². The molecule has 1 amide bonds. The minimum atomic E-state index is -0.442. The maximum Gasteiger partial charge on any atom is 0.438 e. The van der Waals surface area contributed by atoms with Gasteiger partial charge < -0.3 is 9.73 Å². The van der Waals surface area contributed by atoms with Crippen LogP contribution in [-0.2, 0) is 11.5 Å². The molecule has 0 bridgehead atoms. The number of nitrogens with zero attached hydrogens (tertiary/aromatic N) is 3. The summed E-state index contributed by atoms with van der Waals surface area (Å²) in [5.41, 5.74) is 0.792. The van der Waals surface area contributed by atoms with E-state index in [1.54, 1.807) is 0 Å². The lowest BCUT2D eigenvalue weighted by molar-refractivity contribution is -0.123. The van der Waals surface area contributed by atoms with E-state index in [-0.39, 0.29) is 17.9 Å². The molecule has 0 atom stereocenters. The Morgan fingerprint density at radius 3 is 2.56 bits per heavy atom. The summed E-state index contributed by atoms with van der Waals surface area (Å²) < 4.78 is 6.63. The van der Waals surface area contributed by atoms with Gasteiger partial charge in [-0.2, -0.15) is 4.68 Å². The van der Waals surface area contributed by atoms with Crippen molar-refractivity contribution in [1.29, 1.82) is 0 Å². The Labute approximate surface area is 145 Å². The second-order valence-electron chi connectivity index (χ2n) is 6.86. The topological polar surface area (TPSA) is 80.4 Å². The fourth-order valence-electron chi connectivity index (χ4n) is 3.17. The Hall–Kier alpha value is -2.41. The van der Waals surface area contributed by atoms with Crippen molar-refractivity contribution in [3.05, 3.63) is 40.9 Å². The molecule has 0 unspecified atom stereocenters. The number of amides is 1. The zero-order chi connectivity index (χ0) is 17.2. The van der Waals surface area contributed by atoms with Gasteiger partial charge in [0.15, 0.2) is 0 Å². The van der Waals surface area contributed by atoms with Crippen molar-refractivity contribution in [3.63, 3.8) is 0 Å². The van der Waals surface area contributed by atoms with Crippen LogP contribution in [0.1, 0.15) is 25.7 Å². The Balaban J connectivity index is 1.33. The summed E-state index contributed by atoms with van der Waals surface area (Å²) in [6.45, 7) is 2.07. The van der Waals surface area contributed by atoms with Crippen molar-refractivity contribution >= 4 is 5.91 Å². The van der Waals surface area contributed by atoms with Crippen LogP contribution in [0.2, 0.25) is 0 Å². The predicted octanol–water partition coefficient (Wildman–Crippen LogP) is 1.45. The number of likely N-dealkylation sites (tertiary alicyclic amines) is 1. The number of carbonyl (C=O) groups excluding carboxylic acids is 1. The molecule has 1 aliphatic carbocycles. The molecule has 2 aliphatic rings. The minimum Gasteiger partial charge on any atom is -0.388 e. The van der Waals surface area contributed by atoms with Gasteiger partial charge in [-0.1, -0.05) is 18.2 Å². The lowest BCUT2D eigenvalue weighted by atomic mass is 10.1. The van der Waals surface area contributed by atoms with E-state index in [0.717, 1.165) is 44.3 Å². The molecule has 1 aromatic carbocycles. The summed E-state index contributed by atoms with van der Waals surface area (Å²) in [6.07, 6.45) is 3.86. The molecule has 0 spiro atoms. The first-order valence-electron chi connectivity index (χ1n) is 8.85. The molecule has 25 heavy (non-hydrogen) atoms. The predicted molar refractivity (Wildman–Crippen MR) is 91.7 cm³/mol. The highest BCUT2D eigenvalue weighted by atomic mass is 16.4. The SMILES string of the molecule is O=C(NC1CCN(Cn2nc(-c3ccccc3)oc2=O)CC1)C1CC1. The number of hydrogen-bond acceptors (Lipinski definition) is 5. The molecule has 1 aromatic heterocycles. The lowest BCUT2D eigenvalue weighted by Gasteiger charge is -2.31. The number of carbonyl (C=O) groups is 1. The van der Waals surface area contributed by atoms with Crippen molar-refractivity contribution in [2.45, 2.75) is 38.4 Å². The van der Waals surface area contributed by atoms with Gasteiger partial charge in [0.1, 0.15) is 6.67 Å². The monoisotopic (exact) mass is 342 g/mol. The highest BCUT2D eigenvalue weighted by Crippen LogP contribution is 2.29. The van der Waals surface area contributed by atoms with E-state index in [1.165, 1.54) is 4.68 Å². The molecule has 1 saturated heterocycles. The third-order valence-electron chi connectivity index (χ3n) is 4.84. The van der Waals surface area contributed by atoms with Gasteiger partial charge in [-0.3, -0.25) is 9.69 Å². The standard InChI is InChI=1S/C18H22N4O3/c23-16(13-6-7-13)19-15-8-10-21(11-9-15)12-22-18(24)25-17(20-22)14-4-2-1-3-5-14/h1-5,13,15H,6-12H2,(H,19,23). The second kappa shape index (κ2) is 6.84. The molecule has 2 aromatic rings. The molecule has 0 radical (unpaired) electrons. The van der Waals surface area contributed by atoms with Crippen LogP contribution in [0.5, 0.6) is 0 Å². The fourth-order valence-corrected chi connectivity index (χ4v) is 3.17. The maximum atomic E-state index is 12.0. The third kappa shape index (κ3) is 3.82. The molecule has 2 fully saturated rings. The Morgan fingerprint density at radius 1 is 1.16 bits per heavy atom. The molecule has 4 rings (SSSR count). The number of benzene rings is 1. The number of hydrogen-bond donors (Lipinski definition) is 1. The summed E-state index contributed by atoms with van der Waals surface area (Å²) in [4.78, 5) is 26.0. The van der Waals surface area contributed by atoms with Crippen LogP contribution in [0, 0.1) is 5.92 Å². The van der Waals surface area contributed by atoms with Crippen LogP contribution >= 0.6 is 0 Å². The van der Waals surface area contributed by atoms with Crippen molar-refractivity contribution in [3.8, 4) is 11.5 Å². The summed E-state index contributed by atoms with van der Waals surface area (Å²) in [7, 11) is 0. The average molecular weight is 342 g/mol. The van der Waals surface area contributed by atoms with Crippen molar-refractivity contribution < 1.29 is 9.21 Å². The number of rotatable bonds is 5. The van der Waals surface area contributed by atoms with E-state index in [0.29, 0.717) is 12.6 Å². The smallest absolute Gasteiger partial charge is 0.388 e. The molecule has 2 heterocycles. The van der Waals surface area contributed by atoms with Gasteiger partial charge in [0.05, 0.1) is 0 Å². The summed E-state index contributed by atoms with van der Waals surface area (Å²) in [5.74, 6) is 0.363. The van der Waals surface area contributed by atoms with E-state index in [9.17, 15) is 9.59 Å². The van der Waals surface area contributed by atoms with E-state index < -0.39 is 5.76 Å². The summed E-state index contributed by atoms with van der Waals surface area (Å²) in [6, 6.07) is 9.65. The van der Waals surface area contributed by atoms with Crippen LogP contribution in [0.4, 0.5) is 0 Å². The summed E-state index contributed by atoms with van der Waals surface area (Å²) in [5, 5.41) is 7.43.